The lowest BCUT2D eigenvalue weighted by molar-refractivity contribution is -0.117. The van der Waals surface area contributed by atoms with E-state index in [9.17, 15) is 4.79 Å². The van der Waals surface area contributed by atoms with Crippen LogP contribution in [0.15, 0.2) is 54.5 Å². The number of carbonyl (C=O) groups excluding carboxylic acids is 1. The number of piperidine rings is 1. The summed E-state index contributed by atoms with van der Waals surface area (Å²) >= 11 is 0. The van der Waals surface area contributed by atoms with Crippen molar-refractivity contribution in [3.05, 3.63) is 65.6 Å². The molecule has 2 aromatic rings. The molecule has 0 N–H and O–H groups in total. The van der Waals surface area contributed by atoms with Gasteiger partial charge in [-0.2, -0.15) is 0 Å². The summed E-state index contributed by atoms with van der Waals surface area (Å²) in [6.07, 6.45) is 2.37. The van der Waals surface area contributed by atoms with Gasteiger partial charge in [-0.15, -0.1) is 0 Å². The topological polar surface area (TPSA) is 23.6 Å². The monoisotopic (exact) mass is 341 g/mol. The summed E-state index contributed by atoms with van der Waals surface area (Å²) in [7, 11) is 0. The van der Waals surface area contributed by atoms with E-state index in [0.29, 0.717) is 12.8 Å². The van der Waals surface area contributed by atoms with Crippen LogP contribution in [0.2, 0.25) is 0 Å². The highest BCUT2D eigenvalue weighted by Crippen LogP contribution is 2.24. The van der Waals surface area contributed by atoms with Crippen molar-refractivity contribution in [1.82, 2.24) is 4.90 Å². The molecule has 3 rings (SSSR count). The van der Waals surface area contributed by atoms with Gasteiger partial charge in [0.15, 0.2) is 0 Å². The molecule has 0 aliphatic carbocycles. The first kappa shape index (κ1) is 12.3. The molecule has 132 valence electrons. The van der Waals surface area contributed by atoms with E-state index < -0.39 is 18.1 Å². The Hall–Kier alpha value is -2.13. The highest BCUT2D eigenvalue weighted by molar-refractivity contribution is 5.92. The van der Waals surface area contributed by atoms with Crippen molar-refractivity contribution in [2.75, 3.05) is 24.5 Å². The molecule has 0 saturated carbocycles. The van der Waals surface area contributed by atoms with Gasteiger partial charge in [0.05, 0.1) is 6.85 Å². The molecule has 0 unspecified atom stereocenters. The van der Waals surface area contributed by atoms with Crippen LogP contribution >= 0.6 is 0 Å². The molecule has 1 fully saturated rings. The maximum absolute atomic E-state index is 12.5. The fourth-order valence-electron chi connectivity index (χ4n) is 3.40. The largest absolute Gasteiger partial charge is 0.310 e. The van der Waals surface area contributed by atoms with E-state index in [2.05, 4.69) is 36.1 Å². The zero-order chi connectivity index (χ0) is 22.0. The zero-order valence-corrected chi connectivity index (χ0v) is 14.9. The molecule has 2 aromatic carbocycles. The van der Waals surface area contributed by atoms with Crippen LogP contribution in [0.1, 0.15) is 37.7 Å². The van der Waals surface area contributed by atoms with Crippen molar-refractivity contribution in [3.8, 4) is 0 Å². The molecule has 3 nitrogen and oxygen atoms in total. The third-order valence-corrected chi connectivity index (χ3v) is 4.83. The van der Waals surface area contributed by atoms with Crippen LogP contribution < -0.4 is 4.90 Å². The number of amides is 1. The summed E-state index contributed by atoms with van der Waals surface area (Å²) in [5, 5.41) is 0. The SMILES string of the molecule is [2H]c1c([2H])c([2H])c(N(C(C)=O)C2CCN(CCc3ccc(C)cc3)CC2)c([2H])c1[2H]. The number of hydrogen-bond donors (Lipinski definition) is 0. The van der Waals surface area contributed by atoms with Gasteiger partial charge in [-0.05, 0) is 43.8 Å². The molecule has 1 aliphatic heterocycles. The molecule has 0 aromatic heterocycles. The maximum Gasteiger partial charge on any atom is 0.224 e. The molecule has 1 amide bonds. The number of likely N-dealkylation sites (tertiary alicyclic amines) is 1. The predicted octanol–water partition coefficient (Wildman–Crippen LogP) is 4.06. The Balaban J connectivity index is 1.71. The number of rotatable bonds is 5. The number of carbonyl (C=O) groups is 1. The first-order chi connectivity index (χ1) is 14.2. The smallest absolute Gasteiger partial charge is 0.224 e. The van der Waals surface area contributed by atoms with E-state index in [1.54, 1.807) is 0 Å². The Morgan fingerprint density at radius 2 is 1.80 bits per heavy atom. The van der Waals surface area contributed by atoms with Gasteiger partial charge in [0, 0.05) is 38.3 Å². The van der Waals surface area contributed by atoms with Crippen LogP contribution in [-0.2, 0) is 11.2 Å². The van der Waals surface area contributed by atoms with E-state index in [0.717, 1.165) is 26.1 Å². The summed E-state index contributed by atoms with van der Waals surface area (Å²) in [5.41, 5.74) is 2.54. The second kappa shape index (κ2) is 8.30. The molecule has 0 spiro atoms. The lowest BCUT2D eigenvalue weighted by Gasteiger charge is -2.38. The minimum Gasteiger partial charge on any atom is -0.310 e. The van der Waals surface area contributed by atoms with Gasteiger partial charge in [-0.25, -0.2) is 0 Å². The van der Waals surface area contributed by atoms with Gasteiger partial charge in [0.2, 0.25) is 5.91 Å². The zero-order valence-electron chi connectivity index (χ0n) is 19.9. The highest BCUT2D eigenvalue weighted by Gasteiger charge is 2.27. The summed E-state index contributed by atoms with van der Waals surface area (Å²) in [6, 6.07) is 6.45. The normalized spacial score (nSPS) is 18.7. The molecule has 0 atom stereocenters. The summed E-state index contributed by atoms with van der Waals surface area (Å²) in [6.45, 7) is 6.01. The maximum atomic E-state index is 12.5. The first-order valence-electron chi connectivity index (χ1n) is 11.3. The molecule has 3 heteroatoms. The van der Waals surface area contributed by atoms with Crippen molar-refractivity contribution in [2.45, 2.75) is 39.2 Å². The lowest BCUT2D eigenvalue weighted by atomic mass is 10.0. The summed E-state index contributed by atoms with van der Waals surface area (Å²) in [5.74, 6) is -0.299. The Labute approximate surface area is 158 Å². The number of nitrogens with zero attached hydrogens (tertiary/aromatic N) is 2. The van der Waals surface area contributed by atoms with E-state index in [1.807, 2.05) is 0 Å². The average Bonchev–Trinajstić information content (AvgIpc) is 2.74. The molecule has 1 aliphatic rings. The number of aryl methyl sites for hydroxylation is 1. The van der Waals surface area contributed by atoms with Gasteiger partial charge in [-0.3, -0.25) is 4.79 Å². The second-order valence-corrected chi connectivity index (χ2v) is 6.67. The molecule has 1 heterocycles. The molecule has 0 radical (unpaired) electrons. The number of para-hydroxylation sites is 1. The average molecular weight is 342 g/mol. The van der Waals surface area contributed by atoms with Crippen molar-refractivity contribution in [3.63, 3.8) is 0 Å². The van der Waals surface area contributed by atoms with E-state index in [1.165, 1.54) is 23.0 Å². The fourth-order valence-corrected chi connectivity index (χ4v) is 3.40. The van der Waals surface area contributed by atoms with E-state index >= 15 is 0 Å². The highest BCUT2D eigenvalue weighted by atomic mass is 16.2. The number of benzene rings is 2. The van der Waals surface area contributed by atoms with Crippen molar-refractivity contribution < 1.29 is 11.6 Å². The number of hydrogen-bond acceptors (Lipinski definition) is 2. The van der Waals surface area contributed by atoms with E-state index in [4.69, 9.17) is 6.85 Å². The van der Waals surface area contributed by atoms with Crippen LogP contribution in [-0.4, -0.2) is 36.5 Å². The molecular weight excluding hydrogens is 308 g/mol. The Kier molecular flexibility index (Phi) is 4.07. The van der Waals surface area contributed by atoms with Crippen LogP contribution in [0.4, 0.5) is 5.69 Å². The molecule has 0 bridgehead atoms. The van der Waals surface area contributed by atoms with Crippen molar-refractivity contribution >= 4 is 11.6 Å². The van der Waals surface area contributed by atoms with Crippen LogP contribution in [0.3, 0.4) is 0 Å². The van der Waals surface area contributed by atoms with Gasteiger partial charge in [0.25, 0.3) is 0 Å². The Morgan fingerprint density at radius 1 is 1.16 bits per heavy atom. The second-order valence-electron chi connectivity index (χ2n) is 6.67. The van der Waals surface area contributed by atoms with Crippen LogP contribution in [0.25, 0.3) is 0 Å². The quantitative estimate of drug-likeness (QED) is 0.819. The number of anilines is 1. The third-order valence-electron chi connectivity index (χ3n) is 4.83. The predicted molar refractivity (Wildman–Crippen MR) is 104 cm³/mol. The van der Waals surface area contributed by atoms with Gasteiger partial charge in [0.1, 0.15) is 0 Å². The van der Waals surface area contributed by atoms with Crippen molar-refractivity contribution in [1.29, 1.82) is 0 Å². The lowest BCUT2D eigenvalue weighted by Crippen LogP contribution is -2.47. The van der Waals surface area contributed by atoms with Crippen molar-refractivity contribution in [2.24, 2.45) is 0 Å². The molecule has 1 saturated heterocycles. The van der Waals surface area contributed by atoms with Gasteiger partial charge in [-0.1, -0.05) is 48.0 Å². The Bertz CT molecular complexity index is 895. The van der Waals surface area contributed by atoms with Gasteiger partial charge < -0.3 is 9.80 Å². The summed E-state index contributed by atoms with van der Waals surface area (Å²) < 4.78 is 40.0. The summed E-state index contributed by atoms with van der Waals surface area (Å²) in [4.78, 5) is 16.2. The first-order valence-corrected chi connectivity index (χ1v) is 8.85. The van der Waals surface area contributed by atoms with Gasteiger partial charge >= 0.3 is 0 Å². The van der Waals surface area contributed by atoms with Crippen LogP contribution in [0, 0.1) is 6.92 Å². The van der Waals surface area contributed by atoms with Crippen LogP contribution in [0.5, 0.6) is 0 Å². The standard InChI is InChI=1S/C22H28N2O/c1-18-8-10-20(11-9-18)12-15-23-16-13-22(14-17-23)24(19(2)25)21-6-4-3-5-7-21/h3-11,22H,12-17H2,1-2H3/i3D,4D,5D,6D,7D. The molecule has 25 heavy (non-hydrogen) atoms. The minimum atomic E-state index is -0.442. The third kappa shape index (κ3) is 4.70. The van der Waals surface area contributed by atoms with E-state index in [-0.39, 0.29) is 29.7 Å². The molecular formula is C22H28N2O. The fraction of sp³-hybridized carbons (Fsp3) is 0.409. The Morgan fingerprint density at radius 3 is 2.40 bits per heavy atom. The minimum absolute atomic E-state index is 0.00777.